The molecule has 1 aliphatic carbocycles. The van der Waals surface area contributed by atoms with Crippen molar-refractivity contribution < 1.29 is 18.7 Å². The number of amides is 1. The van der Waals surface area contributed by atoms with Crippen molar-refractivity contribution in [3.8, 4) is 17.0 Å². The lowest BCUT2D eigenvalue weighted by Crippen LogP contribution is -2.41. The molecule has 156 valence electrons. The molecule has 0 atom stereocenters. The van der Waals surface area contributed by atoms with E-state index in [-0.39, 0.29) is 17.4 Å². The molecule has 2 heterocycles. The number of aromatic hydroxyl groups is 1. The van der Waals surface area contributed by atoms with Gasteiger partial charge in [0, 0.05) is 42.2 Å². The number of hydrogen-bond acceptors (Lipinski definition) is 3. The van der Waals surface area contributed by atoms with E-state index in [1.165, 1.54) is 0 Å². The Morgan fingerprint density at radius 2 is 1.86 bits per heavy atom. The van der Waals surface area contributed by atoms with Gasteiger partial charge in [-0.05, 0) is 49.7 Å². The lowest BCUT2D eigenvalue weighted by atomic mass is 9.76. The van der Waals surface area contributed by atoms with Crippen LogP contribution in [0.2, 0.25) is 0 Å². The first-order chi connectivity index (χ1) is 13.8. The topological polar surface area (TPSA) is 69.2 Å². The maximum Gasteiger partial charge on any atom is 0.225 e. The molecule has 7 heteroatoms. The van der Waals surface area contributed by atoms with Crippen molar-refractivity contribution in [2.45, 2.75) is 52.5 Å². The van der Waals surface area contributed by atoms with Crippen molar-refractivity contribution in [1.29, 1.82) is 0 Å². The van der Waals surface area contributed by atoms with Crippen LogP contribution in [0.1, 0.15) is 50.8 Å². The van der Waals surface area contributed by atoms with Gasteiger partial charge < -0.3 is 10.0 Å². The predicted molar refractivity (Wildman–Crippen MR) is 105 cm³/mol. The zero-order valence-corrected chi connectivity index (χ0v) is 16.8. The van der Waals surface area contributed by atoms with Gasteiger partial charge in [-0.1, -0.05) is 13.8 Å². The first-order valence-electron chi connectivity index (χ1n) is 10.4. The van der Waals surface area contributed by atoms with Crippen LogP contribution in [0.5, 0.6) is 5.75 Å². The van der Waals surface area contributed by atoms with Gasteiger partial charge in [-0.15, -0.1) is 0 Å². The zero-order valence-electron chi connectivity index (χ0n) is 16.8. The molecule has 1 fully saturated rings. The number of phenols is 1. The molecule has 1 aromatic heterocycles. The third-order valence-electron chi connectivity index (χ3n) is 6.60. The molecule has 0 bridgehead atoms. The third-order valence-corrected chi connectivity index (χ3v) is 6.60. The number of nitrogens with one attached hydrogen (secondary N) is 1. The Morgan fingerprint density at radius 3 is 2.48 bits per heavy atom. The molecule has 29 heavy (non-hydrogen) atoms. The van der Waals surface area contributed by atoms with Crippen LogP contribution >= 0.6 is 0 Å². The normalized spacial score (nSPS) is 22.0. The van der Waals surface area contributed by atoms with E-state index < -0.39 is 17.4 Å². The standard InChI is InChI=1S/C22H27F2N3O2/c1-12(2)13-3-5-14(6-4-13)22(29)27-8-7-19-16(11-27)20(26-25-19)15-9-17(23)21(28)18(24)10-15/h9-10,12-14,28H,3-8,11H2,1-2H3,(H,25,26). The molecule has 0 unspecified atom stereocenters. The Labute approximate surface area is 169 Å². The average molecular weight is 403 g/mol. The van der Waals surface area contributed by atoms with E-state index in [9.17, 15) is 18.7 Å². The van der Waals surface area contributed by atoms with Crippen LogP contribution in [-0.2, 0) is 17.8 Å². The Hall–Kier alpha value is -2.44. The summed E-state index contributed by atoms with van der Waals surface area (Å²) < 4.78 is 27.6. The molecule has 2 N–H and O–H groups in total. The van der Waals surface area contributed by atoms with Crippen LogP contribution in [0.15, 0.2) is 12.1 Å². The summed E-state index contributed by atoms with van der Waals surface area (Å²) in [5, 5.41) is 16.5. The minimum Gasteiger partial charge on any atom is -0.503 e. The van der Waals surface area contributed by atoms with Crippen molar-refractivity contribution in [2.24, 2.45) is 17.8 Å². The van der Waals surface area contributed by atoms with Crippen LogP contribution in [0.25, 0.3) is 11.3 Å². The molecule has 2 aromatic rings. The molecule has 0 radical (unpaired) electrons. The van der Waals surface area contributed by atoms with Gasteiger partial charge in [0.2, 0.25) is 5.91 Å². The number of rotatable bonds is 3. The molecule has 1 saturated carbocycles. The summed E-state index contributed by atoms with van der Waals surface area (Å²) in [6.07, 6.45) is 4.68. The van der Waals surface area contributed by atoms with Crippen LogP contribution < -0.4 is 0 Å². The van der Waals surface area contributed by atoms with E-state index in [1.807, 2.05) is 4.90 Å². The first-order valence-corrected chi connectivity index (χ1v) is 10.4. The molecule has 0 saturated heterocycles. The zero-order chi connectivity index (χ0) is 20.7. The average Bonchev–Trinajstić information content (AvgIpc) is 3.14. The number of halogens is 2. The number of aromatic amines is 1. The molecule has 1 aromatic carbocycles. The maximum atomic E-state index is 13.8. The monoisotopic (exact) mass is 403 g/mol. The summed E-state index contributed by atoms with van der Waals surface area (Å²) in [6.45, 7) is 5.49. The number of carbonyl (C=O) groups is 1. The maximum absolute atomic E-state index is 13.8. The molecular weight excluding hydrogens is 376 g/mol. The largest absolute Gasteiger partial charge is 0.503 e. The van der Waals surface area contributed by atoms with Gasteiger partial charge in [-0.2, -0.15) is 5.10 Å². The number of H-pyrrole nitrogens is 1. The van der Waals surface area contributed by atoms with Gasteiger partial charge >= 0.3 is 0 Å². The minimum absolute atomic E-state index is 0.0606. The van der Waals surface area contributed by atoms with Crippen LogP contribution in [0.4, 0.5) is 8.78 Å². The van der Waals surface area contributed by atoms with Crippen molar-refractivity contribution in [1.82, 2.24) is 15.1 Å². The Balaban J connectivity index is 1.52. The highest BCUT2D eigenvalue weighted by Gasteiger charge is 2.33. The van der Waals surface area contributed by atoms with Gasteiger partial charge in [0.1, 0.15) is 0 Å². The summed E-state index contributed by atoms with van der Waals surface area (Å²) in [5.74, 6) is -1.45. The number of hydrogen-bond donors (Lipinski definition) is 2. The highest BCUT2D eigenvalue weighted by molar-refractivity contribution is 5.79. The van der Waals surface area contributed by atoms with Crippen molar-refractivity contribution in [2.75, 3.05) is 6.54 Å². The smallest absolute Gasteiger partial charge is 0.225 e. The lowest BCUT2D eigenvalue weighted by Gasteiger charge is -2.35. The van der Waals surface area contributed by atoms with Gasteiger partial charge in [-0.3, -0.25) is 9.89 Å². The number of aromatic nitrogens is 2. The first kappa shape index (κ1) is 19.9. The second-order valence-electron chi connectivity index (χ2n) is 8.68. The molecule has 5 nitrogen and oxygen atoms in total. The Morgan fingerprint density at radius 1 is 1.21 bits per heavy atom. The van der Waals surface area contributed by atoms with E-state index >= 15 is 0 Å². The molecule has 0 spiro atoms. The highest BCUT2D eigenvalue weighted by atomic mass is 19.1. The van der Waals surface area contributed by atoms with Crippen LogP contribution in [-0.4, -0.2) is 32.7 Å². The highest BCUT2D eigenvalue weighted by Crippen LogP contribution is 2.36. The minimum atomic E-state index is -1.03. The summed E-state index contributed by atoms with van der Waals surface area (Å²) in [6, 6.07) is 2.14. The fourth-order valence-corrected chi connectivity index (χ4v) is 4.72. The van der Waals surface area contributed by atoms with E-state index in [0.29, 0.717) is 37.0 Å². The van der Waals surface area contributed by atoms with Crippen molar-refractivity contribution in [3.05, 3.63) is 35.0 Å². The molecule has 1 amide bonds. The number of benzene rings is 1. The SMILES string of the molecule is CC(C)C1CCC(C(=O)N2CCc3[nH]nc(-c4cc(F)c(O)c(F)c4)c3C2)CC1. The van der Waals surface area contributed by atoms with Gasteiger partial charge in [-0.25, -0.2) is 8.78 Å². The summed E-state index contributed by atoms with van der Waals surface area (Å²) in [4.78, 5) is 15.0. The van der Waals surface area contributed by atoms with E-state index in [2.05, 4.69) is 24.0 Å². The lowest BCUT2D eigenvalue weighted by molar-refractivity contribution is -0.138. The number of phenolic OH excluding ortho intramolecular Hbond substituents is 1. The van der Waals surface area contributed by atoms with E-state index in [1.54, 1.807) is 0 Å². The predicted octanol–water partition coefficient (Wildman–Crippen LogP) is 4.41. The van der Waals surface area contributed by atoms with Gasteiger partial charge in [0.25, 0.3) is 0 Å². The second kappa shape index (κ2) is 7.76. The van der Waals surface area contributed by atoms with Gasteiger partial charge in [0.05, 0.1) is 5.69 Å². The second-order valence-corrected chi connectivity index (χ2v) is 8.68. The summed E-state index contributed by atoms with van der Waals surface area (Å²) >= 11 is 0. The van der Waals surface area contributed by atoms with E-state index in [4.69, 9.17) is 0 Å². The molecular formula is C22H27F2N3O2. The quantitative estimate of drug-likeness (QED) is 0.798. The molecule has 1 aliphatic heterocycles. The molecule has 2 aliphatic rings. The van der Waals surface area contributed by atoms with E-state index in [0.717, 1.165) is 49.1 Å². The summed E-state index contributed by atoms with van der Waals surface area (Å²) in [7, 11) is 0. The Kier molecular flexibility index (Phi) is 5.32. The van der Waals surface area contributed by atoms with Gasteiger partial charge in [0.15, 0.2) is 17.4 Å². The number of carbonyl (C=O) groups excluding carboxylic acids is 1. The number of fused-ring (bicyclic) bond motifs is 1. The third kappa shape index (κ3) is 3.74. The Bertz CT molecular complexity index is 894. The molecule has 4 rings (SSSR count). The fourth-order valence-electron chi connectivity index (χ4n) is 4.72. The summed E-state index contributed by atoms with van der Waals surface area (Å²) in [5.41, 5.74) is 2.37. The van der Waals surface area contributed by atoms with Crippen molar-refractivity contribution >= 4 is 5.91 Å². The number of nitrogens with zero attached hydrogens (tertiary/aromatic N) is 2. The van der Waals surface area contributed by atoms with Crippen molar-refractivity contribution in [3.63, 3.8) is 0 Å². The van der Waals surface area contributed by atoms with Crippen LogP contribution in [0.3, 0.4) is 0 Å². The fraction of sp³-hybridized carbons (Fsp3) is 0.545. The van der Waals surface area contributed by atoms with Crippen LogP contribution in [0, 0.1) is 29.4 Å².